The minimum Gasteiger partial charge on any atom is -0.453 e. The summed E-state index contributed by atoms with van der Waals surface area (Å²) >= 11 is 0. The molecule has 11 aromatic rings. The zero-order valence-corrected chi connectivity index (χ0v) is 32.7. The molecule has 0 saturated carbocycles. The monoisotopic (exact) mass is 763 g/mol. The van der Waals surface area contributed by atoms with Crippen LogP contribution < -0.4 is 4.74 Å². The number of aromatic nitrogens is 5. The molecule has 0 atom stereocenters. The number of ether oxygens (including phenoxy) is 1. The lowest BCUT2D eigenvalue weighted by Gasteiger charge is -2.14. The molecule has 282 valence electrons. The van der Waals surface area contributed by atoms with Crippen LogP contribution >= 0.6 is 0 Å². The molecule has 0 amide bonds. The Labute approximate surface area is 340 Å². The molecule has 59 heavy (non-hydrogen) atoms. The van der Waals surface area contributed by atoms with E-state index in [1.165, 1.54) is 22.3 Å². The van der Waals surface area contributed by atoms with Crippen molar-refractivity contribution in [2.45, 2.75) is 20.8 Å². The molecular formula is C52H37N5O2. The lowest BCUT2D eigenvalue weighted by atomic mass is 9.94. The topological polar surface area (TPSA) is 70.9 Å². The van der Waals surface area contributed by atoms with Gasteiger partial charge in [0.05, 0.1) is 16.7 Å². The van der Waals surface area contributed by atoms with Gasteiger partial charge in [-0.15, -0.1) is 10.2 Å². The standard InChI is InChI=1S/C52H37N5O2/c1-32-25-33(2)50(34(3)26-32)36-23-24-53-49(29-36)57-45-19-11-8-16-40(45)41-22-21-38(30-46(41)57)58-48-28-37(27-43-42-17-9-12-20-47(42)59-51(43)48)52-55-54-31-56(52)44-18-10-7-15-39(44)35-13-5-4-6-14-35/h4-31H,1-3H3. The van der Waals surface area contributed by atoms with E-state index in [4.69, 9.17) is 14.1 Å². The Balaban J connectivity index is 1.07. The lowest BCUT2D eigenvalue weighted by Crippen LogP contribution is -1.99. The van der Waals surface area contributed by atoms with Gasteiger partial charge in [-0.25, -0.2) is 4.98 Å². The van der Waals surface area contributed by atoms with Crippen LogP contribution in [0.25, 0.3) is 88.9 Å². The Bertz CT molecular complexity index is 3390. The molecule has 11 rings (SSSR count). The summed E-state index contributed by atoms with van der Waals surface area (Å²) in [5, 5.41) is 13.3. The molecule has 0 unspecified atom stereocenters. The normalized spacial score (nSPS) is 11.6. The molecule has 0 N–H and O–H groups in total. The number of fused-ring (bicyclic) bond motifs is 6. The van der Waals surface area contributed by atoms with Gasteiger partial charge in [-0.2, -0.15) is 0 Å². The highest BCUT2D eigenvalue weighted by Gasteiger charge is 2.21. The average molecular weight is 764 g/mol. The SMILES string of the molecule is Cc1cc(C)c(-c2ccnc(-n3c4ccccc4c4ccc(Oc5cc(-c6nncn6-c6ccccc6-c6ccccc6)cc6c5oc5ccccc56)cc43)c2)c(C)c1. The van der Waals surface area contributed by atoms with E-state index in [0.717, 1.165) is 71.9 Å². The highest BCUT2D eigenvalue weighted by molar-refractivity contribution is 6.10. The maximum Gasteiger partial charge on any atom is 0.177 e. The third-order valence-corrected chi connectivity index (χ3v) is 11.3. The zero-order valence-electron chi connectivity index (χ0n) is 32.7. The second-order valence-electron chi connectivity index (χ2n) is 15.2. The first-order valence-corrected chi connectivity index (χ1v) is 19.7. The van der Waals surface area contributed by atoms with Crippen LogP contribution in [0.5, 0.6) is 11.5 Å². The number of para-hydroxylation sites is 3. The number of pyridine rings is 1. The van der Waals surface area contributed by atoms with Crippen LogP contribution in [-0.2, 0) is 0 Å². The van der Waals surface area contributed by atoms with Gasteiger partial charge in [-0.1, -0.05) is 103 Å². The molecule has 0 saturated heterocycles. The number of nitrogens with zero attached hydrogens (tertiary/aromatic N) is 5. The van der Waals surface area contributed by atoms with Crippen molar-refractivity contribution < 1.29 is 9.15 Å². The first-order valence-electron chi connectivity index (χ1n) is 19.7. The second kappa shape index (κ2) is 13.7. The van der Waals surface area contributed by atoms with Crippen molar-refractivity contribution in [2.24, 2.45) is 0 Å². The summed E-state index contributed by atoms with van der Waals surface area (Å²) in [5.41, 5.74) is 13.6. The molecule has 4 aromatic heterocycles. The van der Waals surface area contributed by atoms with Crippen LogP contribution in [0.3, 0.4) is 0 Å². The molecule has 7 nitrogen and oxygen atoms in total. The summed E-state index contributed by atoms with van der Waals surface area (Å²) < 4.78 is 17.8. The van der Waals surface area contributed by atoms with E-state index in [-0.39, 0.29) is 0 Å². The van der Waals surface area contributed by atoms with E-state index < -0.39 is 0 Å². The van der Waals surface area contributed by atoms with Gasteiger partial charge in [-0.3, -0.25) is 9.13 Å². The highest BCUT2D eigenvalue weighted by Crippen LogP contribution is 2.42. The summed E-state index contributed by atoms with van der Waals surface area (Å²) in [6.45, 7) is 6.51. The Morgan fingerprint density at radius 2 is 1.32 bits per heavy atom. The van der Waals surface area contributed by atoms with Gasteiger partial charge in [0.2, 0.25) is 0 Å². The minimum atomic E-state index is 0.576. The number of hydrogen-bond donors (Lipinski definition) is 0. The fourth-order valence-electron chi connectivity index (χ4n) is 8.87. The van der Waals surface area contributed by atoms with Crippen molar-refractivity contribution >= 4 is 43.7 Å². The lowest BCUT2D eigenvalue weighted by molar-refractivity contribution is 0.477. The summed E-state index contributed by atoms with van der Waals surface area (Å²) in [4.78, 5) is 4.95. The van der Waals surface area contributed by atoms with E-state index in [2.05, 4.69) is 151 Å². The number of hydrogen-bond acceptors (Lipinski definition) is 5. The highest BCUT2D eigenvalue weighted by atomic mass is 16.5. The smallest absolute Gasteiger partial charge is 0.177 e. The summed E-state index contributed by atoms with van der Waals surface area (Å²) in [5.74, 6) is 2.76. The molecule has 0 spiro atoms. The average Bonchev–Trinajstić information content (AvgIpc) is 3.98. The van der Waals surface area contributed by atoms with E-state index in [9.17, 15) is 0 Å². The summed E-state index contributed by atoms with van der Waals surface area (Å²) in [6, 6.07) is 54.4. The van der Waals surface area contributed by atoms with Crippen LogP contribution in [0.4, 0.5) is 0 Å². The molecule has 4 heterocycles. The molecule has 0 radical (unpaired) electrons. The number of furan rings is 1. The first kappa shape index (κ1) is 34.5. The van der Waals surface area contributed by atoms with E-state index in [0.29, 0.717) is 22.9 Å². The molecule has 0 bridgehead atoms. The van der Waals surface area contributed by atoms with Crippen molar-refractivity contribution in [1.82, 2.24) is 24.3 Å². The maximum absolute atomic E-state index is 6.94. The Kier molecular flexibility index (Phi) is 8.01. The van der Waals surface area contributed by atoms with Gasteiger partial charge in [0.15, 0.2) is 17.2 Å². The third-order valence-electron chi connectivity index (χ3n) is 11.3. The predicted molar refractivity (Wildman–Crippen MR) is 238 cm³/mol. The van der Waals surface area contributed by atoms with E-state index in [1.807, 2.05) is 53.2 Å². The van der Waals surface area contributed by atoms with Gasteiger partial charge in [-0.05, 0) is 103 Å². The van der Waals surface area contributed by atoms with Gasteiger partial charge in [0.25, 0.3) is 0 Å². The molecule has 0 aliphatic rings. The largest absolute Gasteiger partial charge is 0.453 e. The minimum absolute atomic E-state index is 0.576. The van der Waals surface area contributed by atoms with Gasteiger partial charge >= 0.3 is 0 Å². The van der Waals surface area contributed by atoms with Crippen molar-refractivity contribution in [3.63, 3.8) is 0 Å². The quantitative estimate of drug-likeness (QED) is 0.162. The number of benzene rings is 7. The fraction of sp³-hybridized carbons (Fsp3) is 0.0577. The Hall–Kier alpha value is -7.77. The molecule has 7 aromatic carbocycles. The van der Waals surface area contributed by atoms with Crippen LogP contribution in [0.2, 0.25) is 0 Å². The summed E-state index contributed by atoms with van der Waals surface area (Å²) in [6.07, 6.45) is 3.68. The molecule has 0 fully saturated rings. The first-order chi connectivity index (χ1) is 29.0. The fourth-order valence-corrected chi connectivity index (χ4v) is 8.87. The van der Waals surface area contributed by atoms with Crippen molar-refractivity contribution in [3.05, 3.63) is 187 Å². The molecule has 7 heteroatoms. The van der Waals surface area contributed by atoms with Crippen LogP contribution in [0, 0.1) is 20.8 Å². The Morgan fingerprint density at radius 3 is 2.19 bits per heavy atom. The summed E-state index contributed by atoms with van der Waals surface area (Å²) in [7, 11) is 0. The van der Waals surface area contributed by atoms with Crippen LogP contribution in [-0.4, -0.2) is 24.3 Å². The van der Waals surface area contributed by atoms with Gasteiger partial charge in [0.1, 0.15) is 23.5 Å². The van der Waals surface area contributed by atoms with Crippen molar-refractivity contribution in [3.8, 4) is 56.6 Å². The van der Waals surface area contributed by atoms with Crippen LogP contribution in [0.15, 0.2) is 175 Å². The second-order valence-corrected chi connectivity index (χ2v) is 15.2. The van der Waals surface area contributed by atoms with E-state index >= 15 is 0 Å². The maximum atomic E-state index is 6.94. The van der Waals surface area contributed by atoms with E-state index in [1.54, 1.807) is 6.33 Å². The van der Waals surface area contributed by atoms with Crippen LogP contribution in [0.1, 0.15) is 16.7 Å². The van der Waals surface area contributed by atoms with Crippen molar-refractivity contribution in [1.29, 1.82) is 0 Å². The zero-order chi connectivity index (χ0) is 39.6. The Morgan fingerprint density at radius 1 is 0.576 bits per heavy atom. The van der Waals surface area contributed by atoms with Gasteiger partial charge < -0.3 is 9.15 Å². The van der Waals surface area contributed by atoms with Gasteiger partial charge in [0, 0.05) is 44.9 Å². The number of rotatable bonds is 7. The van der Waals surface area contributed by atoms with Crippen molar-refractivity contribution in [2.75, 3.05) is 0 Å². The number of aryl methyl sites for hydroxylation is 3. The molecular weight excluding hydrogens is 727 g/mol. The molecule has 0 aliphatic carbocycles. The molecule has 0 aliphatic heterocycles. The third kappa shape index (κ3) is 5.78. The predicted octanol–water partition coefficient (Wildman–Crippen LogP) is 13.4.